The van der Waals surface area contributed by atoms with Gasteiger partial charge in [-0.2, -0.15) is 5.26 Å². The number of halogens is 1. The van der Waals surface area contributed by atoms with Crippen molar-refractivity contribution in [2.45, 2.75) is 17.9 Å². The standard InChI is InChI=1S/C19H11BrN4OS/c20-14-5-3-12(4-6-14)16-15-7-11(9-21)1-2-13(15)8-19(16)17(25)24(19)18-23-22-10-26-18/h1-7,10,16H,8H2/t16-,19-,24?/m0/s1. The van der Waals surface area contributed by atoms with E-state index in [1.807, 2.05) is 42.5 Å². The molecule has 1 spiro atoms. The summed E-state index contributed by atoms with van der Waals surface area (Å²) in [4.78, 5) is 14.8. The van der Waals surface area contributed by atoms with Crippen molar-refractivity contribution in [3.8, 4) is 6.07 Å². The predicted octanol–water partition coefficient (Wildman–Crippen LogP) is 3.65. The van der Waals surface area contributed by atoms with Gasteiger partial charge in [-0.25, -0.2) is 0 Å². The molecule has 1 fully saturated rings. The summed E-state index contributed by atoms with van der Waals surface area (Å²) in [5, 5.41) is 17.9. The average molecular weight is 423 g/mol. The molecule has 0 radical (unpaired) electrons. The van der Waals surface area contributed by atoms with Gasteiger partial charge < -0.3 is 0 Å². The summed E-state index contributed by atoms with van der Waals surface area (Å²) in [5.74, 6) is -0.0628. The van der Waals surface area contributed by atoms with E-state index in [9.17, 15) is 10.1 Å². The highest BCUT2D eigenvalue weighted by atomic mass is 79.9. The van der Waals surface area contributed by atoms with E-state index in [0.717, 1.165) is 21.2 Å². The van der Waals surface area contributed by atoms with Crippen LogP contribution in [0.2, 0.25) is 0 Å². The molecular weight excluding hydrogens is 412 g/mol. The zero-order valence-electron chi connectivity index (χ0n) is 13.4. The van der Waals surface area contributed by atoms with Crippen molar-refractivity contribution < 1.29 is 4.79 Å². The highest BCUT2D eigenvalue weighted by Crippen LogP contribution is 2.58. The Morgan fingerprint density at radius 2 is 2.08 bits per heavy atom. The number of benzene rings is 2. The van der Waals surface area contributed by atoms with Crippen LogP contribution in [0.5, 0.6) is 0 Å². The maximum Gasteiger partial charge on any atom is 0.257 e. The van der Waals surface area contributed by atoms with Crippen LogP contribution in [0, 0.1) is 11.3 Å². The summed E-state index contributed by atoms with van der Waals surface area (Å²) in [6, 6.07) is 16.0. The molecule has 0 N–H and O–H groups in total. The molecule has 7 heteroatoms. The van der Waals surface area contributed by atoms with E-state index in [1.165, 1.54) is 11.3 Å². The number of nitriles is 1. The van der Waals surface area contributed by atoms with Gasteiger partial charge in [0.05, 0.1) is 11.6 Å². The first-order valence-electron chi connectivity index (χ1n) is 8.04. The summed E-state index contributed by atoms with van der Waals surface area (Å²) in [5.41, 5.74) is 4.80. The second-order valence-corrected chi connectivity index (χ2v) is 8.20. The summed E-state index contributed by atoms with van der Waals surface area (Å²) in [7, 11) is 0. The van der Waals surface area contributed by atoms with E-state index in [4.69, 9.17) is 0 Å². The van der Waals surface area contributed by atoms with E-state index in [-0.39, 0.29) is 11.8 Å². The average Bonchev–Trinajstić information content (AvgIpc) is 3.05. The molecule has 0 bridgehead atoms. The summed E-state index contributed by atoms with van der Waals surface area (Å²) in [6.07, 6.45) is 0.618. The van der Waals surface area contributed by atoms with Gasteiger partial charge in [-0.15, -0.1) is 10.2 Å². The van der Waals surface area contributed by atoms with Gasteiger partial charge in [-0.3, -0.25) is 9.69 Å². The molecule has 3 aromatic rings. The molecule has 1 aliphatic carbocycles. The molecule has 1 aliphatic heterocycles. The third-order valence-corrected chi connectivity index (χ3v) is 6.39. The SMILES string of the molecule is N#Cc1ccc2c(c1)[C@H](c1ccc(Br)cc1)[C@@]1(C2)C(=O)N1c1nncs1. The third kappa shape index (κ3) is 2.03. The number of nitrogens with zero attached hydrogens (tertiary/aromatic N) is 4. The third-order valence-electron chi connectivity index (χ3n) is 5.19. The van der Waals surface area contributed by atoms with Crippen LogP contribution in [0.1, 0.15) is 28.2 Å². The van der Waals surface area contributed by atoms with Crippen molar-refractivity contribution in [1.82, 2.24) is 10.2 Å². The molecule has 2 atom stereocenters. The zero-order chi connectivity index (χ0) is 17.9. The number of aromatic nitrogens is 2. The molecule has 2 aromatic carbocycles. The van der Waals surface area contributed by atoms with Gasteiger partial charge in [0.15, 0.2) is 0 Å². The van der Waals surface area contributed by atoms with Crippen LogP contribution in [-0.2, 0) is 11.2 Å². The Bertz CT molecular complexity index is 1070. The molecule has 0 unspecified atom stereocenters. The molecule has 2 heterocycles. The summed E-state index contributed by atoms with van der Waals surface area (Å²) < 4.78 is 0.988. The molecule has 5 nitrogen and oxygen atoms in total. The Balaban J connectivity index is 1.70. The zero-order valence-corrected chi connectivity index (χ0v) is 15.8. The van der Waals surface area contributed by atoms with Crippen LogP contribution in [0.25, 0.3) is 0 Å². The maximum absolute atomic E-state index is 13.0. The van der Waals surface area contributed by atoms with E-state index < -0.39 is 5.54 Å². The van der Waals surface area contributed by atoms with Crippen molar-refractivity contribution in [1.29, 1.82) is 5.26 Å². The van der Waals surface area contributed by atoms with Crippen molar-refractivity contribution in [2.24, 2.45) is 0 Å². The Hall–Kier alpha value is -2.56. The number of hydrogen-bond donors (Lipinski definition) is 0. The molecule has 126 valence electrons. The van der Waals surface area contributed by atoms with Gasteiger partial charge in [0, 0.05) is 16.8 Å². The van der Waals surface area contributed by atoms with Gasteiger partial charge >= 0.3 is 0 Å². The van der Waals surface area contributed by atoms with Crippen molar-refractivity contribution >= 4 is 38.3 Å². The van der Waals surface area contributed by atoms with Gasteiger partial charge in [0.1, 0.15) is 11.0 Å². The molecule has 5 rings (SSSR count). The fourth-order valence-corrected chi connectivity index (χ4v) is 4.96. The van der Waals surface area contributed by atoms with Crippen LogP contribution in [0.3, 0.4) is 0 Å². The molecule has 1 amide bonds. The van der Waals surface area contributed by atoms with Crippen molar-refractivity contribution in [2.75, 3.05) is 4.90 Å². The first-order chi connectivity index (χ1) is 12.6. The minimum atomic E-state index is -0.663. The predicted molar refractivity (Wildman–Crippen MR) is 101 cm³/mol. The van der Waals surface area contributed by atoms with E-state index in [2.05, 4.69) is 32.2 Å². The number of amides is 1. The lowest BCUT2D eigenvalue weighted by molar-refractivity contribution is -0.111. The van der Waals surface area contributed by atoms with Gasteiger partial charge in [-0.1, -0.05) is 45.5 Å². The number of carbonyl (C=O) groups excluding carboxylic acids is 1. The smallest absolute Gasteiger partial charge is 0.257 e. The number of carbonyl (C=O) groups is 1. The number of rotatable bonds is 2. The van der Waals surface area contributed by atoms with Crippen LogP contribution >= 0.6 is 27.3 Å². The Morgan fingerprint density at radius 3 is 2.77 bits per heavy atom. The van der Waals surface area contributed by atoms with Crippen molar-refractivity contribution in [3.63, 3.8) is 0 Å². The summed E-state index contributed by atoms with van der Waals surface area (Å²) >= 11 is 4.84. The van der Waals surface area contributed by atoms with Crippen LogP contribution < -0.4 is 4.90 Å². The minimum absolute atomic E-state index is 0.0666. The van der Waals surface area contributed by atoms with E-state index in [0.29, 0.717) is 17.1 Å². The van der Waals surface area contributed by atoms with E-state index in [1.54, 1.807) is 10.4 Å². The topological polar surface area (TPSA) is 69.7 Å². The van der Waals surface area contributed by atoms with Gasteiger partial charge in [-0.05, 0) is 41.0 Å². The maximum atomic E-state index is 13.0. The highest BCUT2D eigenvalue weighted by Gasteiger charge is 2.71. The molecule has 0 saturated carbocycles. The lowest BCUT2D eigenvalue weighted by Crippen LogP contribution is -2.25. The summed E-state index contributed by atoms with van der Waals surface area (Å²) in [6.45, 7) is 0. The van der Waals surface area contributed by atoms with Crippen LogP contribution in [0.4, 0.5) is 5.13 Å². The second kappa shape index (κ2) is 5.47. The fourth-order valence-electron chi connectivity index (χ4n) is 4.06. The van der Waals surface area contributed by atoms with Crippen LogP contribution in [0.15, 0.2) is 52.4 Å². The largest absolute Gasteiger partial charge is 0.272 e. The quantitative estimate of drug-likeness (QED) is 0.591. The number of anilines is 1. The molecule has 26 heavy (non-hydrogen) atoms. The second-order valence-electron chi connectivity index (χ2n) is 6.47. The Labute approximate surface area is 162 Å². The highest BCUT2D eigenvalue weighted by molar-refractivity contribution is 9.10. The minimum Gasteiger partial charge on any atom is -0.272 e. The molecule has 1 aromatic heterocycles. The monoisotopic (exact) mass is 422 g/mol. The Kier molecular flexibility index (Phi) is 3.30. The van der Waals surface area contributed by atoms with Crippen molar-refractivity contribution in [3.05, 3.63) is 74.7 Å². The van der Waals surface area contributed by atoms with Crippen LogP contribution in [-0.4, -0.2) is 21.6 Å². The number of fused-ring (bicyclic) bond motifs is 1. The molecule has 1 saturated heterocycles. The normalized spacial score (nSPS) is 23.2. The first kappa shape index (κ1) is 15.7. The lowest BCUT2D eigenvalue weighted by Gasteiger charge is -2.19. The van der Waals surface area contributed by atoms with Gasteiger partial charge in [0.25, 0.3) is 5.91 Å². The lowest BCUT2D eigenvalue weighted by atomic mass is 9.85. The Morgan fingerprint density at radius 1 is 1.27 bits per heavy atom. The van der Waals surface area contributed by atoms with E-state index >= 15 is 0 Å². The molecule has 2 aliphatic rings. The fraction of sp³-hybridized carbons (Fsp3) is 0.158. The van der Waals surface area contributed by atoms with Gasteiger partial charge in [0.2, 0.25) is 5.13 Å². The number of hydrogen-bond acceptors (Lipinski definition) is 5. The molecular formula is C19H11BrN4OS. The first-order valence-corrected chi connectivity index (χ1v) is 9.71.